The van der Waals surface area contributed by atoms with Gasteiger partial charge in [0, 0.05) is 44.2 Å². The summed E-state index contributed by atoms with van der Waals surface area (Å²) in [7, 11) is 0. The Balaban J connectivity index is 1.40. The number of carbonyl (C=O) groups excluding carboxylic acids is 3. The summed E-state index contributed by atoms with van der Waals surface area (Å²) in [6, 6.07) is 16.4. The monoisotopic (exact) mass is 548 g/mol. The number of nitrogens with zero attached hydrogens (tertiary/aromatic N) is 2. The van der Waals surface area contributed by atoms with Crippen LogP contribution in [0.2, 0.25) is 0 Å². The molecule has 2 bridgehead atoms. The zero-order valence-electron chi connectivity index (χ0n) is 23.6. The molecule has 40 heavy (non-hydrogen) atoms. The number of likely N-dealkylation sites (tertiary alicyclic amines) is 1. The fourth-order valence-corrected chi connectivity index (χ4v) is 7.06. The molecule has 9 heteroatoms. The standard InChI is InChI=1S/C31H40N4O5/c1-4-34(5-2)23-14-12-22(13-15-23)33-28(38)26-31-17-16-30(3,40-31)24(25(31)29(39)35(26)18-9-19-36)27(37)32-20-21-10-7-6-8-11-21/h6-8,10-15,24-26,36H,4-5,9,16-20H2,1-3H3,(H,32,37)(H,33,38)/t24-,25-,26?,30+,31?/m0/s1. The number of hydrogen-bond donors (Lipinski definition) is 3. The molecule has 2 unspecified atom stereocenters. The number of benzene rings is 2. The summed E-state index contributed by atoms with van der Waals surface area (Å²) in [5.41, 5.74) is 0.727. The Kier molecular flexibility index (Phi) is 7.88. The van der Waals surface area contributed by atoms with Gasteiger partial charge < -0.3 is 30.3 Å². The summed E-state index contributed by atoms with van der Waals surface area (Å²) >= 11 is 0. The molecule has 214 valence electrons. The van der Waals surface area contributed by atoms with Crippen LogP contribution in [0.1, 0.15) is 45.6 Å². The lowest BCUT2D eigenvalue weighted by molar-refractivity contribution is -0.144. The molecule has 3 aliphatic rings. The first-order chi connectivity index (χ1) is 19.3. The van der Waals surface area contributed by atoms with E-state index in [2.05, 4.69) is 29.4 Å². The van der Waals surface area contributed by atoms with Gasteiger partial charge in [-0.1, -0.05) is 30.3 Å². The topological polar surface area (TPSA) is 111 Å². The number of anilines is 2. The molecule has 3 fully saturated rings. The molecule has 2 aromatic rings. The van der Waals surface area contributed by atoms with Crippen LogP contribution in [0.4, 0.5) is 11.4 Å². The second-order valence-electron chi connectivity index (χ2n) is 11.2. The number of carbonyl (C=O) groups is 3. The lowest BCUT2D eigenvalue weighted by Gasteiger charge is -2.33. The maximum atomic E-state index is 14.0. The van der Waals surface area contributed by atoms with E-state index in [1.807, 2.05) is 61.5 Å². The summed E-state index contributed by atoms with van der Waals surface area (Å²) in [4.78, 5) is 45.2. The van der Waals surface area contributed by atoms with Crippen molar-refractivity contribution in [3.05, 3.63) is 60.2 Å². The number of aliphatic hydroxyl groups excluding tert-OH is 1. The van der Waals surface area contributed by atoms with Crippen LogP contribution >= 0.6 is 0 Å². The van der Waals surface area contributed by atoms with Crippen LogP contribution < -0.4 is 15.5 Å². The Morgan fingerprint density at radius 2 is 1.75 bits per heavy atom. The van der Waals surface area contributed by atoms with Gasteiger partial charge in [-0.15, -0.1) is 0 Å². The highest BCUT2D eigenvalue weighted by Crippen LogP contribution is 2.63. The van der Waals surface area contributed by atoms with Crippen molar-refractivity contribution in [3.8, 4) is 0 Å². The molecule has 3 heterocycles. The predicted octanol–water partition coefficient (Wildman–Crippen LogP) is 2.93. The van der Waals surface area contributed by atoms with E-state index in [0.29, 0.717) is 31.5 Å². The van der Waals surface area contributed by atoms with Crippen LogP contribution in [0.5, 0.6) is 0 Å². The zero-order chi connectivity index (χ0) is 28.5. The third-order valence-electron chi connectivity index (χ3n) is 8.94. The smallest absolute Gasteiger partial charge is 0.250 e. The Hall–Kier alpha value is -3.43. The number of fused-ring (bicyclic) bond motifs is 1. The van der Waals surface area contributed by atoms with Crippen molar-refractivity contribution in [1.82, 2.24) is 10.2 Å². The highest BCUT2D eigenvalue weighted by Gasteiger charge is 2.77. The first-order valence-corrected chi connectivity index (χ1v) is 14.4. The van der Waals surface area contributed by atoms with Gasteiger partial charge in [-0.3, -0.25) is 14.4 Å². The molecule has 0 aromatic heterocycles. The minimum absolute atomic E-state index is 0.109. The highest BCUT2D eigenvalue weighted by molar-refractivity contribution is 6.03. The Labute approximate surface area is 235 Å². The molecule has 5 rings (SSSR count). The van der Waals surface area contributed by atoms with E-state index >= 15 is 0 Å². The fourth-order valence-electron chi connectivity index (χ4n) is 7.06. The van der Waals surface area contributed by atoms with Crippen LogP contribution in [0.25, 0.3) is 0 Å². The van der Waals surface area contributed by atoms with Crippen LogP contribution in [-0.4, -0.2) is 71.2 Å². The van der Waals surface area contributed by atoms with Crippen molar-refractivity contribution >= 4 is 29.1 Å². The van der Waals surface area contributed by atoms with E-state index in [9.17, 15) is 19.5 Å². The van der Waals surface area contributed by atoms with E-state index in [-0.39, 0.29) is 30.9 Å². The Morgan fingerprint density at radius 1 is 1.05 bits per heavy atom. The first kappa shape index (κ1) is 28.1. The van der Waals surface area contributed by atoms with Gasteiger partial charge in [-0.25, -0.2) is 0 Å². The second-order valence-corrected chi connectivity index (χ2v) is 11.2. The third kappa shape index (κ3) is 4.75. The molecule has 3 saturated heterocycles. The van der Waals surface area contributed by atoms with Crippen molar-refractivity contribution in [2.45, 2.75) is 63.8 Å². The van der Waals surface area contributed by atoms with E-state index in [1.54, 1.807) is 0 Å². The number of hydrogen-bond acceptors (Lipinski definition) is 6. The molecule has 3 N–H and O–H groups in total. The van der Waals surface area contributed by atoms with Gasteiger partial charge in [0.15, 0.2) is 0 Å². The number of ether oxygens (including phenoxy) is 1. The van der Waals surface area contributed by atoms with Gasteiger partial charge in [0.05, 0.1) is 17.4 Å². The van der Waals surface area contributed by atoms with Gasteiger partial charge in [-0.2, -0.15) is 0 Å². The summed E-state index contributed by atoms with van der Waals surface area (Å²) in [6.07, 6.45) is 1.42. The fraction of sp³-hybridized carbons (Fsp3) is 0.516. The van der Waals surface area contributed by atoms with E-state index in [4.69, 9.17) is 4.74 Å². The zero-order valence-corrected chi connectivity index (χ0v) is 23.6. The van der Waals surface area contributed by atoms with Gasteiger partial charge in [0.25, 0.3) is 0 Å². The molecule has 0 radical (unpaired) electrons. The first-order valence-electron chi connectivity index (χ1n) is 14.4. The van der Waals surface area contributed by atoms with Crippen molar-refractivity contribution in [2.75, 3.05) is 36.5 Å². The largest absolute Gasteiger partial charge is 0.396 e. The van der Waals surface area contributed by atoms with Gasteiger partial charge in [-0.05, 0) is 69.9 Å². The SMILES string of the molecule is CCN(CC)c1ccc(NC(=O)C2N(CCCO)C(=O)[C@@H]3[C@@H](C(=O)NCc4ccccc4)[C@@]4(C)CCC23O4)cc1. The molecule has 2 aromatic carbocycles. The molecule has 5 atom stereocenters. The van der Waals surface area contributed by atoms with E-state index in [0.717, 1.165) is 24.3 Å². The Bertz CT molecular complexity index is 1230. The average molecular weight is 549 g/mol. The van der Waals surface area contributed by atoms with Crippen molar-refractivity contribution in [3.63, 3.8) is 0 Å². The Morgan fingerprint density at radius 3 is 2.40 bits per heavy atom. The minimum Gasteiger partial charge on any atom is -0.396 e. The van der Waals surface area contributed by atoms with E-state index < -0.39 is 29.1 Å². The second kappa shape index (κ2) is 11.2. The molecule has 3 aliphatic heterocycles. The predicted molar refractivity (Wildman–Crippen MR) is 153 cm³/mol. The lowest BCUT2D eigenvalue weighted by Crippen LogP contribution is -2.53. The molecule has 1 spiro atoms. The minimum atomic E-state index is -1.10. The van der Waals surface area contributed by atoms with Gasteiger partial charge >= 0.3 is 0 Å². The molecule has 0 saturated carbocycles. The molecular weight excluding hydrogens is 508 g/mol. The van der Waals surface area contributed by atoms with Crippen molar-refractivity contribution in [2.24, 2.45) is 11.8 Å². The summed E-state index contributed by atoms with van der Waals surface area (Å²) in [5, 5.41) is 15.6. The van der Waals surface area contributed by atoms with Crippen LogP contribution in [0, 0.1) is 11.8 Å². The van der Waals surface area contributed by atoms with Crippen molar-refractivity contribution in [1.29, 1.82) is 0 Å². The summed E-state index contributed by atoms with van der Waals surface area (Å²) < 4.78 is 6.64. The summed E-state index contributed by atoms with van der Waals surface area (Å²) in [6.45, 7) is 8.30. The quantitative estimate of drug-likeness (QED) is 0.398. The van der Waals surface area contributed by atoms with Gasteiger partial charge in [0.1, 0.15) is 11.6 Å². The summed E-state index contributed by atoms with van der Waals surface area (Å²) in [5.74, 6) is -2.30. The molecule has 3 amide bonds. The van der Waals surface area contributed by atoms with E-state index in [1.165, 1.54) is 4.90 Å². The average Bonchev–Trinajstić information content (AvgIpc) is 3.53. The number of rotatable bonds is 11. The number of aliphatic hydroxyl groups is 1. The lowest BCUT2D eigenvalue weighted by atomic mass is 9.66. The normalized spacial score (nSPS) is 28.4. The highest BCUT2D eigenvalue weighted by atomic mass is 16.5. The third-order valence-corrected chi connectivity index (χ3v) is 8.94. The number of amides is 3. The van der Waals surface area contributed by atoms with Crippen LogP contribution in [0.3, 0.4) is 0 Å². The van der Waals surface area contributed by atoms with Crippen molar-refractivity contribution < 1.29 is 24.2 Å². The molecule has 0 aliphatic carbocycles. The maximum absolute atomic E-state index is 14.0. The van der Waals surface area contributed by atoms with Gasteiger partial charge in [0.2, 0.25) is 17.7 Å². The molecular formula is C31H40N4O5. The van der Waals surface area contributed by atoms with Crippen LogP contribution in [-0.2, 0) is 25.7 Å². The number of nitrogens with one attached hydrogen (secondary N) is 2. The maximum Gasteiger partial charge on any atom is 0.250 e. The van der Waals surface area contributed by atoms with Crippen LogP contribution in [0.15, 0.2) is 54.6 Å². The molecule has 9 nitrogen and oxygen atoms in total.